The van der Waals surface area contributed by atoms with Gasteiger partial charge in [0.05, 0.1) is 5.69 Å². The Morgan fingerprint density at radius 3 is 2.05 bits per heavy atom. The minimum absolute atomic E-state index is 0.261. The van der Waals surface area contributed by atoms with Crippen molar-refractivity contribution in [2.24, 2.45) is 10.2 Å². The van der Waals surface area contributed by atoms with Crippen molar-refractivity contribution in [3.63, 3.8) is 0 Å². The van der Waals surface area contributed by atoms with E-state index in [4.69, 9.17) is 11.5 Å². The van der Waals surface area contributed by atoms with Crippen LogP contribution in [0.25, 0.3) is 11.1 Å². The van der Waals surface area contributed by atoms with Crippen LogP contribution in [-0.2, 0) is 0 Å². The van der Waals surface area contributed by atoms with Gasteiger partial charge in [0.1, 0.15) is 11.5 Å². The lowest BCUT2D eigenvalue weighted by Crippen LogP contribution is -1.99. The summed E-state index contributed by atoms with van der Waals surface area (Å²) in [6.45, 7) is 0. The number of azo groups is 1. The third-order valence-electron chi connectivity index (χ3n) is 3.17. The minimum atomic E-state index is 0.261. The second-order valence-electron chi connectivity index (χ2n) is 4.73. The van der Waals surface area contributed by atoms with E-state index < -0.39 is 0 Å². The number of pyridine rings is 1. The van der Waals surface area contributed by atoms with Crippen LogP contribution in [0, 0.1) is 0 Å². The highest BCUT2D eigenvalue weighted by Gasteiger charge is 2.09. The Bertz CT molecular complexity index is 798. The van der Waals surface area contributed by atoms with Crippen LogP contribution < -0.4 is 11.5 Å². The Labute approximate surface area is 128 Å². The van der Waals surface area contributed by atoms with Gasteiger partial charge in [0.2, 0.25) is 0 Å². The maximum atomic E-state index is 5.97. The molecule has 0 unspecified atom stereocenters. The molecule has 2 aromatic carbocycles. The van der Waals surface area contributed by atoms with Gasteiger partial charge in [0.25, 0.3) is 0 Å². The molecule has 4 N–H and O–H groups in total. The first kappa shape index (κ1) is 13.8. The Morgan fingerprint density at radius 1 is 0.727 bits per heavy atom. The predicted molar refractivity (Wildman–Crippen MR) is 89.1 cm³/mol. The molecule has 108 valence electrons. The third kappa shape index (κ3) is 2.93. The van der Waals surface area contributed by atoms with E-state index in [0.717, 1.165) is 16.8 Å². The highest BCUT2D eigenvalue weighted by molar-refractivity contribution is 5.80. The van der Waals surface area contributed by atoms with Crippen LogP contribution in [0.5, 0.6) is 0 Å². The van der Waals surface area contributed by atoms with Crippen LogP contribution in [0.3, 0.4) is 0 Å². The summed E-state index contributed by atoms with van der Waals surface area (Å²) in [6.07, 6.45) is 0. The van der Waals surface area contributed by atoms with E-state index in [1.807, 2.05) is 60.7 Å². The monoisotopic (exact) mass is 289 g/mol. The standard InChI is InChI=1S/C17H15N5/c18-16-14(12-7-3-1-4-8-12)11-15(17(19)20-16)22-21-13-9-5-2-6-10-13/h1-11H,(H4,18,19,20). The molecule has 0 saturated heterocycles. The molecule has 3 rings (SSSR count). The van der Waals surface area contributed by atoms with Gasteiger partial charge < -0.3 is 11.5 Å². The van der Waals surface area contributed by atoms with Crippen molar-refractivity contribution in [1.82, 2.24) is 4.98 Å². The first-order valence-electron chi connectivity index (χ1n) is 6.82. The van der Waals surface area contributed by atoms with Crippen molar-refractivity contribution in [3.8, 4) is 11.1 Å². The normalized spacial score (nSPS) is 10.9. The second kappa shape index (κ2) is 6.05. The summed E-state index contributed by atoms with van der Waals surface area (Å²) in [7, 11) is 0. The molecule has 0 amide bonds. The van der Waals surface area contributed by atoms with Gasteiger partial charge >= 0.3 is 0 Å². The fraction of sp³-hybridized carbons (Fsp3) is 0. The number of nitrogen functional groups attached to an aromatic ring is 2. The largest absolute Gasteiger partial charge is 0.383 e. The van der Waals surface area contributed by atoms with Gasteiger partial charge in [-0.1, -0.05) is 48.5 Å². The van der Waals surface area contributed by atoms with Crippen molar-refractivity contribution >= 4 is 23.0 Å². The average molecular weight is 289 g/mol. The Balaban J connectivity index is 2.00. The number of rotatable bonds is 3. The van der Waals surface area contributed by atoms with E-state index in [1.54, 1.807) is 6.07 Å². The molecule has 0 fully saturated rings. The highest BCUT2D eigenvalue weighted by Crippen LogP contribution is 2.32. The third-order valence-corrected chi connectivity index (χ3v) is 3.17. The summed E-state index contributed by atoms with van der Waals surface area (Å²) in [5.41, 5.74) is 14.9. The van der Waals surface area contributed by atoms with Crippen molar-refractivity contribution in [1.29, 1.82) is 0 Å². The number of aromatic nitrogens is 1. The van der Waals surface area contributed by atoms with Crippen LogP contribution in [0.15, 0.2) is 77.0 Å². The molecule has 0 radical (unpaired) electrons. The summed E-state index contributed by atoms with van der Waals surface area (Å²) >= 11 is 0. The predicted octanol–water partition coefficient (Wildman–Crippen LogP) is 4.33. The summed E-state index contributed by atoms with van der Waals surface area (Å²) in [4.78, 5) is 4.16. The molecule has 0 saturated carbocycles. The van der Waals surface area contributed by atoms with Crippen LogP contribution in [-0.4, -0.2) is 4.98 Å². The Hall–Kier alpha value is -3.21. The van der Waals surface area contributed by atoms with E-state index in [9.17, 15) is 0 Å². The summed E-state index contributed by atoms with van der Waals surface area (Å²) in [5.74, 6) is 0.638. The van der Waals surface area contributed by atoms with Gasteiger partial charge in [0.15, 0.2) is 5.82 Å². The van der Waals surface area contributed by atoms with Crippen molar-refractivity contribution in [2.75, 3.05) is 11.5 Å². The van der Waals surface area contributed by atoms with Crippen molar-refractivity contribution in [3.05, 3.63) is 66.7 Å². The topological polar surface area (TPSA) is 89.6 Å². The SMILES string of the molecule is Nc1nc(N)c(-c2ccccc2)cc1N=Nc1ccccc1. The zero-order chi connectivity index (χ0) is 15.4. The van der Waals surface area contributed by atoms with Crippen LogP contribution in [0.2, 0.25) is 0 Å². The van der Waals surface area contributed by atoms with E-state index >= 15 is 0 Å². The molecule has 0 atom stereocenters. The Kier molecular flexibility index (Phi) is 3.78. The molecule has 22 heavy (non-hydrogen) atoms. The van der Waals surface area contributed by atoms with Crippen molar-refractivity contribution < 1.29 is 0 Å². The average Bonchev–Trinajstić information content (AvgIpc) is 2.56. The Morgan fingerprint density at radius 2 is 1.36 bits per heavy atom. The highest BCUT2D eigenvalue weighted by atomic mass is 15.1. The molecule has 0 spiro atoms. The number of benzene rings is 2. The van der Waals surface area contributed by atoms with E-state index in [0.29, 0.717) is 11.5 Å². The van der Waals surface area contributed by atoms with Gasteiger partial charge in [-0.15, -0.1) is 5.11 Å². The molecule has 5 nitrogen and oxygen atoms in total. The summed E-state index contributed by atoms with van der Waals surface area (Å²) < 4.78 is 0. The number of anilines is 2. The number of hydrogen-bond donors (Lipinski definition) is 2. The maximum Gasteiger partial charge on any atom is 0.153 e. The molecule has 3 aromatic rings. The molecular formula is C17H15N5. The molecule has 0 aliphatic rings. The van der Waals surface area contributed by atoms with Gasteiger partial charge in [-0.2, -0.15) is 5.11 Å². The fourth-order valence-corrected chi connectivity index (χ4v) is 2.07. The lowest BCUT2D eigenvalue weighted by Gasteiger charge is -2.07. The molecular weight excluding hydrogens is 274 g/mol. The maximum absolute atomic E-state index is 5.97. The van der Waals surface area contributed by atoms with E-state index in [2.05, 4.69) is 15.2 Å². The number of nitrogens with two attached hydrogens (primary N) is 2. The minimum Gasteiger partial charge on any atom is -0.383 e. The fourth-order valence-electron chi connectivity index (χ4n) is 2.07. The first-order valence-corrected chi connectivity index (χ1v) is 6.82. The van der Waals surface area contributed by atoms with Gasteiger partial charge in [0, 0.05) is 5.56 Å². The smallest absolute Gasteiger partial charge is 0.153 e. The zero-order valence-corrected chi connectivity index (χ0v) is 11.8. The molecule has 0 bridgehead atoms. The molecule has 0 aliphatic carbocycles. The number of nitrogens with zero attached hydrogens (tertiary/aromatic N) is 3. The van der Waals surface area contributed by atoms with Gasteiger partial charge in [-0.25, -0.2) is 4.98 Å². The molecule has 0 aliphatic heterocycles. The lowest BCUT2D eigenvalue weighted by atomic mass is 10.1. The summed E-state index contributed by atoms with van der Waals surface area (Å²) in [6, 6.07) is 21.0. The van der Waals surface area contributed by atoms with Crippen molar-refractivity contribution in [2.45, 2.75) is 0 Å². The molecule has 5 heteroatoms. The molecule has 1 aromatic heterocycles. The number of hydrogen-bond acceptors (Lipinski definition) is 5. The first-order chi connectivity index (χ1) is 10.7. The van der Waals surface area contributed by atoms with Crippen LogP contribution >= 0.6 is 0 Å². The van der Waals surface area contributed by atoms with Gasteiger partial charge in [-0.05, 0) is 23.8 Å². The zero-order valence-electron chi connectivity index (χ0n) is 11.8. The van der Waals surface area contributed by atoms with Gasteiger partial charge in [-0.3, -0.25) is 0 Å². The second-order valence-corrected chi connectivity index (χ2v) is 4.73. The van der Waals surface area contributed by atoms with Crippen LogP contribution in [0.4, 0.5) is 23.0 Å². The van der Waals surface area contributed by atoms with E-state index in [1.165, 1.54) is 0 Å². The lowest BCUT2D eigenvalue weighted by molar-refractivity contribution is 1.21. The van der Waals surface area contributed by atoms with E-state index in [-0.39, 0.29) is 5.82 Å². The molecule has 1 heterocycles. The quantitative estimate of drug-likeness (QED) is 0.703. The summed E-state index contributed by atoms with van der Waals surface area (Å²) in [5, 5.41) is 8.35. The van der Waals surface area contributed by atoms with Crippen LogP contribution in [0.1, 0.15) is 0 Å².